The molecule has 106 valence electrons. The molecule has 1 rings (SSSR count). The highest BCUT2D eigenvalue weighted by molar-refractivity contribution is 5.74. The quantitative estimate of drug-likeness (QED) is 0.779. The number of methoxy groups -OCH3 is 1. The predicted octanol–water partition coefficient (Wildman–Crippen LogP) is 1.21. The number of ether oxygens (including phenoxy) is 1. The average molecular weight is 258 g/mol. The number of carbonyl (C=O) groups excluding carboxylic acids is 1. The number of likely N-dealkylation sites (tertiary alicyclic amines) is 1. The third kappa shape index (κ3) is 4.82. The summed E-state index contributed by atoms with van der Waals surface area (Å²) in [6.07, 6.45) is 2.33. The normalized spacial score (nSPS) is 20.6. The third-order valence-electron chi connectivity index (χ3n) is 3.63. The largest absolute Gasteiger partial charge is 0.393 e. The molecule has 0 aromatic carbocycles. The summed E-state index contributed by atoms with van der Waals surface area (Å²) in [5.41, 5.74) is 0. The number of aliphatic hydroxyl groups is 1. The van der Waals surface area contributed by atoms with Crippen LogP contribution >= 0.6 is 0 Å². The molecule has 2 atom stereocenters. The zero-order valence-corrected chi connectivity index (χ0v) is 11.7. The molecule has 0 saturated carbocycles. The van der Waals surface area contributed by atoms with Crippen molar-refractivity contribution in [3.8, 4) is 0 Å². The lowest BCUT2D eigenvalue weighted by Crippen LogP contribution is -2.48. The van der Waals surface area contributed by atoms with Crippen LogP contribution in [-0.2, 0) is 4.74 Å². The fourth-order valence-electron chi connectivity index (χ4n) is 2.25. The molecule has 1 aliphatic rings. The van der Waals surface area contributed by atoms with Gasteiger partial charge in [-0.15, -0.1) is 0 Å². The van der Waals surface area contributed by atoms with Gasteiger partial charge in [-0.05, 0) is 39.0 Å². The molecule has 2 unspecified atom stereocenters. The van der Waals surface area contributed by atoms with Gasteiger partial charge in [-0.3, -0.25) is 0 Å². The van der Waals surface area contributed by atoms with E-state index in [0.717, 1.165) is 32.4 Å². The molecule has 5 heteroatoms. The first-order chi connectivity index (χ1) is 8.54. The Kier molecular flexibility index (Phi) is 6.43. The van der Waals surface area contributed by atoms with E-state index in [0.29, 0.717) is 12.5 Å². The van der Waals surface area contributed by atoms with Crippen molar-refractivity contribution in [2.75, 3.05) is 26.8 Å². The summed E-state index contributed by atoms with van der Waals surface area (Å²) in [5.74, 6) is 0.333. The zero-order chi connectivity index (χ0) is 13.5. The maximum absolute atomic E-state index is 12.0. The monoisotopic (exact) mass is 258 g/mol. The van der Waals surface area contributed by atoms with Gasteiger partial charge in [-0.1, -0.05) is 0 Å². The van der Waals surface area contributed by atoms with E-state index >= 15 is 0 Å². The van der Waals surface area contributed by atoms with Crippen LogP contribution < -0.4 is 5.32 Å². The Balaban J connectivity index is 2.27. The second-order valence-electron chi connectivity index (χ2n) is 5.20. The lowest BCUT2D eigenvalue weighted by atomic mass is 9.92. The number of amides is 2. The van der Waals surface area contributed by atoms with Gasteiger partial charge in [0.15, 0.2) is 0 Å². The van der Waals surface area contributed by atoms with Crippen LogP contribution in [0.1, 0.15) is 33.1 Å². The van der Waals surface area contributed by atoms with E-state index in [1.54, 1.807) is 7.11 Å². The third-order valence-corrected chi connectivity index (χ3v) is 3.63. The highest BCUT2D eigenvalue weighted by Crippen LogP contribution is 2.20. The standard InChI is InChI=1S/C13H26N2O3/c1-10(6-9-18-3)14-13(17)15-7-4-12(5-8-15)11(2)16/h10-12,16H,4-9H2,1-3H3,(H,14,17). The molecule has 18 heavy (non-hydrogen) atoms. The van der Waals surface area contributed by atoms with Gasteiger partial charge < -0.3 is 20.1 Å². The molecule has 0 radical (unpaired) electrons. The van der Waals surface area contributed by atoms with E-state index in [4.69, 9.17) is 4.74 Å². The van der Waals surface area contributed by atoms with Crippen LogP contribution in [0.25, 0.3) is 0 Å². The highest BCUT2D eigenvalue weighted by Gasteiger charge is 2.25. The lowest BCUT2D eigenvalue weighted by Gasteiger charge is -2.34. The van der Waals surface area contributed by atoms with Gasteiger partial charge >= 0.3 is 6.03 Å². The van der Waals surface area contributed by atoms with Crippen LogP contribution in [0.4, 0.5) is 4.79 Å². The number of hydrogen-bond acceptors (Lipinski definition) is 3. The number of urea groups is 1. The first-order valence-corrected chi connectivity index (χ1v) is 6.77. The minimum absolute atomic E-state index is 0.00245. The van der Waals surface area contributed by atoms with Gasteiger partial charge in [0.05, 0.1) is 6.10 Å². The van der Waals surface area contributed by atoms with E-state index in [9.17, 15) is 9.90 Å². The molecule has 0 aromatic rings. The Morgan fingerprint density at radius 2 is 2.06 bits per heavy atom. The molecule has 0 spiro atoms. The Bertz CT molecular complexity index is 251. The maximum Gasteiger partial charge on any atom is 0.317 e. The summed E-state index contributed by atoms with van der Waals surface area (Å²) in [6, 6.07) is 0.134. The van der Waals surface area contributed by atoms with E-state index in [2.05, 4.69) is 5.32 Å². The van der Waals surface area contributed by atoms with Gasteiger partial charge in [0.25, 0.3) is 0 Å². The number of piperidine rings is 1. The van der Waals surface area contributed by atoms with Crippen molar-refractivity contribution in [1.29, 1.82) is 0 Å². The fourth-order valence-corrected chi connectivity index (χ4v) is 2.25. The molecule has 2 N–H and O–H groups in total. The van der Waals surface area contributed by atoms with Gasteiger partial charge in [0.1, 0.15) is 0 Å². The number of carbonyl (C=O) groups is 1. The van der Waals surface area contributed by atoms with Crippen LogP contribution in [-0.4, -0.2) is 55.0 Å². The average Bonchev–Trinajstić information content (AvgIpc) is 2.36. The Morgan fingerprint density at radius 3 is 2.56 bits per heavy atom. The van der Waals surface area contributed by atoms with Crippen LogP contribution in [0, 0.1) is 5.92 Å². The highest BCUT2D eigenvalue weighted by atomic mass is 16.5. The second-order valence-corrected chi connectivity index (χ2v) is 5.20. The van der Waals surface area contributed by atoms with Crippen molar-refractivity contribution in [3.05, 3.63) is 0 Å². The van der Waals surface area contributed by atoms with Gasteiger partial charge in [-0.25, -0.2) is 4.79 Å². The second kappa shape index (κ2) is 7.59. The molecular weight excluding hydrogens is 232 g/mol. The number of hydrogen-bond donors (Lipinski definition) is 2. The minimum Gasteiger partial charge on any atom is -0.393 e. The van der Waals surface area contributed by atoms with E-state index < -0.39 is 0 Å². The predicted molar refractivity (Wildman–Crippen MR) is 70.5 cm³/mol. The SMILES string of the molecule is COCCC(C)NC(=O)N1CCC(C(C)O)CC1. The number of aliphatic hydroxyl groups excluding tert-OH is 1. The summed E-state index contributed by atoms with van der Waals surface area (Å²) >= 11 is 0. The van der Waals surface area contributed by atoms with Gasteiger partial charge in [-0.2, -0.15) is 0 Å². The summed E-state index contributed by atoms with van der Waals surface area (Å²) in [4.78, 5) is 13.8. The minimum atomic E-state index is -0.268. The van der Waals surface area contributed by atoms with Crippen LogP contribution in [0.5, 0.6) is 0 Å². The Hall–Kier alpha value is -0.810. The Morgan fingerprint density at radius 1 is 1.44 bits per heavy atom. The maximum atomic E-state index is 12.0. The molecule has 1 fully saturated rings. The van der Waals surface area contributed by atoms with Gasteiger partial charge in [0, 0.05) is 32.8 Å². The van der Waals surface area contributed by atoms with Crippen molar-refractivity contribution < 1.29 is 14.6 Å². The molecule has 0 bridgehead atoms. The van der Waals surface area contributed by atoms with E-state index in [1.807, 2.05) is 18.7 Å². The van der Waals surface area contributed by atoms with Crippen molar-refractivity contribution in [3.63, 3.8) is 0 Å². The van der Waals surface area contributed by atoms with Crippen molar-refractivity contribution in [2.45, 2.75) is 45.3 Å². The summed E-state index contributed by atoms with van der Waals surface area (Å²) in [5, 5.41) is 12.5. The van der Waals surface area contributed by atoms with Crippen LogP contribution in [0.3, 0.4) is 0 Å². The summed E-state index contributed by atoms with van der Waals surface area (Å²) in [6.45, 7) is 5.94. The summed E-state index contributed by atoms with van der Waals surface area (Å²) < 4.78 is 4.99. The summed E-state index contributed by atoms with van der Waals surface area (Å²) in [7, 11) is 1.66. The molecular formula is C13H26N2O3. The van der Waals surface area contributed by atoms with E-state index in [1.165, 1.54) is 0 Å². The molecule has 1 heterocycles. The molecule has 2 amide bonds. The first kappa shape index (κ1) is 15.2. The molecule has 0 aromatic heterocycles. The Labute approximate surface area is 109 Å². The first-order valence-electron chi connectivity index (χ1n) is 6.77. The molecule has 1 saturated heterocycles. The van der Waals surface area contributed by atoms with Gasteiger partial charge in [0.2, 0.25) is 0 Å². The van der Waals surface area contributed by atoms with Crippen molar-refractivity contribution in [1.82, 2.24) is 10.2 Å². The number of nitrogens with one attached hydrogen (secondary N) is 1. The lowest BCUT2D eigenvalue weighted by molar-refractivity contribution is 0.0791. The number of rotatable bonds is 5. The topological polar surface area (TPSA) is 61.8 Å². The van der Waals surface area contributed by atoms with Crippen molar-refractivity contribution in [2.24, 2.45) is 5.92 Å². The number of nitrogens with zero attached hydrogens (tertiary/aromatic N) is 1. The molecule has 0 aliphatic carbocycles. The van der Waals surface area contributed by atoms with Crippen molar-refractivity contribution >= 4 is 6.03 Å². The van der Waals surface area contributed by atoms with Crippen LogP contribution in [0.2, 0.25) is 0 Å². The fraction of sp³-hybridized carbons (Fsp3) is 0.923. The molecule has 5 nitrogen and oxygen atoms in total. The van der Waals surface area contributed by atoms with Crippen LogP contribution in [0.15, 0.2) is 0 Å². The smallest absolute Gasteiger partial charge is 0.317 e. The van der Waals surface area contributed by atoms with E-state index in [-0.39, 0.29) is 18.2 Å². The molecule has 1 aliphatic heterocycles. The zero-order valence-electron chi connectivity index (χ0n) is 11.7.